The maximum Gasteiger partial charge on any atom is 0.152 e. The first kappa shape index (κ1) is 16.1. The van der Waals surface area contributed by atoms with Crippen LogP contribution in [0, 0.1) is 6.92 Å². The summed E-state index contributed by atoms with van der Waals surface area (Å²) in [4.78, 5) is 0. The quantitative estimate of drug-likeness (QED) is 0.877. The van der Waals surface area contributed by atoms with Gasteiger partial charge in [-0.15, -0.1) is 0 Å². The van der Waals surface area contributed by atoms with Gasteiger partial charge < -0.3 is 10.1 Å². The van der Waals surface area contributed by atoms with Gasteiger partial charge in [-0.05, 0) is 50.3 Å². The summed E-state index contributed by atoms with van der Waals surface area (Å²) < 4.78 is 29.5. The van der Waals surface area contributed by atoms with Crippen molar-refractivity contribution in [3.8, 4) is 5.75 Å². The van der Waals surface area contributed by atoms with Gasteiger partial charge in [0.15, 0.2) is 9.84 Å². The molecule has 1 saturated carbocycles. The predicted molar refractivity (Wildman–Crippen MR) is 86.9 cm³/mol. The van der Waals surface area contributed by atoms with Gasteiger partial charge in [0.25, 0.3) is 0 Å². The normalized spacial score (nSPS) is 22.2. The molecule has 0 aromatic heterocycles. The Bertz CT molecular complexity index is 583. The summed E-state index contributed by atoms with van der Waals surface area (Å²) in [6.07, 6.45) is 4.86. The van der Waals surface area contributed by atoms with Crippen molar-refractivity contribution in [3.05, 3.63) is 23.8 Å². The molecule has 0 aliphatic heterocycles. The van der Waals surface area contributed by atoms with Gasteiger partial charge in [0.05, 0.1) is 17.5 Å². The summed E-state index contributed by atoms with van der Waals surface area (Å²) in [6, 6.07) is 5.98. The molecular formula is C16H25NO3S. The Hall–Kier alpha value is -1.23. The van der Waals surface area contributed by atoms with Crippen LogP contribution < -0.4 is 10.1 Å². The van der Waals surface area contributed by atoms with Crippen molar-refractivity contribution in [2.24, 2.45) is 0 Å². The van der Waals surface area contributed by atoms with Crippen LogP contribution in [-0.4, -0.2) is 32.6 Å². The highest BCUT2D eigenvalue weighted by Crippen LogP contribution is 2.32. The van der Waals surface area contributed by atoms with Gasteiger partial charge in [-0.2, -0.15) is 0 Å². The number of hydrogen-bond donors (Lipinski definition) is 1. The number of nitrogens with one attached hydrogen (secondary N) is 1. The van der Waals surface area contributed by atoms with Crippen LogP contribution in [0.5, 0.6) is 5.75 Å². The van der Waals surface area contributed by atoms with Gasteiger partial charge in [0, 0.05) is 12.3 Å². The molecule has 1 aliphatic carbocycles. The summed E-state index contributed by atoms with van der Waals surface area (Å²) in [5.41, 5.74) is 2.03. The maximum absolute atomic E-state index is 11.9. The Balaban J connectivity index is 2.18. The highest BCUT2D eigenvalue weighted by molar-refractivity contribution is 7.91. The molecule has 1 aromatic carbocycles. The van der Waals surface area contributed by atoms with Crippen molar-refractivity contribution in [2.45, 2.75) is 50.8 Å². The third-order valence-electron chi connectivity index (χ3n) is 3.94. The first-order valence-corrected chi connectivity index (χ1v) is 9.56. The SMILES string of the molecule is CCCOc1cc(C)ccc1NC1CCCC1S(C)(=O)=O. The number of sulfone groups is 1. The zero-order valence-corrected chi connectivity index (χ0v) is 13.9. The monoisotopic (exact) mass is 311 g/mol. The van der Waals surface area contributed by atoms with E-state index in [1.165, 1.54) is 6.26 Å². The summed E-state index contributed by atoms with van der Waals surface area (Å²) >= 11 is 0. The lowest BCUT2D eigenvalue weighted by Crippen LogP contribution is -2.34. The van der Waals surface area contributed by atoms with Crippen LogP contribution in [0.25, 0.3) is 0 Å². The highest BCUT2D eigenvalue weighted by Gasteiger charge is 2.35. The van der Waals surface area contributed by atoms with E-state index in [2.05, 4.69) is 12.2 Å². The number of anilines is 1. The molecule has 0 radical (unpaired) electrons. The van der Waals surface area contributed by atoms with E-state index in [-0.39, 0.29) is 11.3 Å². The van der Waals surface area contributed by atoms with E-state index in [9.17, 15) is 8.42 Å². The molecule has 0 spiro atoms. The standard InChI is InChI=1S/C16H25NO3S/c1-4-10-20-15-11-12(2)8-9-13(15)17-14-6-5-7-16(14)21(3,18)19/h8-9,11,14,16-17H,4-7,10H2,1-3H3. The maximum atomic E-state index is 11.9. The largest absolute Gasteiger partial charge is 0.491 e. The molecule has 0 heterocycles. The van der Waals surface area contributed by atoms with Gasteiger partial charge >= 0.3 is 0 Å². The molecule has 4 nitrogen and oxygen atoms in total. The number of rotatable bonds is 6. The predicted octanol–water partition coefficient (Wildman–Crippen LogP) is 3.16. The van der Waals surface area contributed by atoms with Crippen LogP contribution in [0.15, 0.2) is 18.2 Å². The second-order valence-electron chi connectivity index (χ2n) is 5.90. The number of hydrogen-bond acceptors (Lipinski definition) is 4. The minimum absolute atomic E-state index is 0.0216. The van der Waals surface area contributed by atoms with E-state index in [4.69, 9.17) is 4.74 Å². The average Bonchev–Trinajstić information content (AvgIpc) is 2.87. The van der Waals surface area contributed by atoms with Gasteiger partial charge in [0.2, 0.25) is 0 Å². The fourth-order valence-electron chi connectivity index (χ4n) is 2.88. The zero-order chi connectivity index (χ0) is 15.5. The Morgan fingerprint density at radius 2 is 2.10 bits per heavy atom. The molecule has 1 aliphatic rings. The fourth-order valence-corrected chi connectivity index (χ4v) is 4.28. The average molecular weight is 311 g/mol. The van der Waals surface area contributed by atoms with Crippen LogP contribution >= 0.6 is 0 Å². The lowest BCUT2D eigenvalue weighted by atomic mass is 10.1. The van der Waals surface area contributed by atoms with Gasteiger partial charge in [-0.1, -0.05) is 13.0 Å². The molecule has 2 rings (SSSR count). The molecular weight excluding hydrogens is 286 g/mol. The number of ether oxygens (including phenoxy) is 1. The van der Waals surface area contributed by atoms with Crippen molar-refractivity contribution in [1.82, 2.24) is 0 Å². The van der Waals surface area contributed by atoms with Crippen molar-refractivity contribution < 1.29 is 13.2 Å². The van der Waals surface area contributed by atoms with E-state index < -0.39 is 9.84 Å². The molecule has 21 heavy (non-hydrogen) atoms. The van der Waals surface area contributed by atoms with Crippen LogP contribution in [0.3, 0.4) is 0 Å². The molecule has 1 aromatic rings. The minimum Gasteiger partial charge on any atom is -0.491 e. The molecule has 5 heteroatoms. The number of aryl methyl sites for hydroxylation is 1. The smallest absolute Gasteiger partial charge is 0.152 e. The Morgan fingerprint density at radius 1 is 1.33 bits per heavy atom. The van der Waals surface area contributed by atoms with Crippen molar-refractivity contribution in [3.63, 3.8) is 0 Å². The lowest BCUT2D eigenvalue weighted by molar-refractivity contribution is 0.318. The van der Waals surface area contributed by atoms with Gasteiger partial charge in [-0.3, -0.25) is 0 Å². The Kier molecular flexibility index (Phi) is 5.14. The van der Waals surface area contributed by atoms with E-state index in [0.717, 1.165) is 42.7 Å². The van der Waals surface area contributed by atoms with Crippen molar-refractivity contribution in [1.29, 1.82) is 0 Å². The molecule has 1 N–H and O–H groups in total. The van der Waals surface area contributed by atoms with Crippen LogP contribution in [0.1, 0.15) is 38.2 Å². The van der Waals surface area contributed by atoms with Gasteiger partial charge in [0.1, 0.15) is 5.75 Å². The van der Waals surface area contributed by atoms with Crippen LogP contribution in [0.4, 0.5) is 5.69 Å². The molecule has 2 unspecified atom stereocenters. The van der Waals surface area contributed by atoms with E-state index >= 15 is 0 Å². The fraction of sp³-hybridized carbons (Fsp3) is 0.625. The first-order valence-electron chi connectivity index (χ1n) is 7.60. The third-order valence-corrected chi connectivity index (χ3v) is 5.61. The molecule has 1 fully saturated rings. The second-order valence-corrected chi connectivity index (χ2v) is 8.16. The topological polar surface area (TPSA) is 55.4 Å². The molecule has 118 valence electrons. The first-order chi connectivity index (χ1) is 9.91. The molecule has 2 atom stereocenters. The van der Waals surface area contributed by atoms with Crippen LogP contribution in [0.2, 0.25) is 0 Å². The van der Waals surface area contributed by atoms with Gasteiger partial charge in [-0.25, -0.2) is 8.42 Å². The molecule has 0 amide bonds. The molecule has 0 saturated heterocycles. The van der Waals surface area contributed by atoms with E-state index in [1.807, 2.05) is 25.1 Å². The summed E-state index contributed by atoms with van der Waals surface area (Å²) in [6.45, 7) is 4.76. The second kappa shape index (κ2) is 6.69. The van der Waals surface area contributed by atoms with Crippen LogP contribution in [-0.2, 0) is 9.84 Å². The highest BCUT2D eigenvalue weighted by atomic mass is 32.2. The Morgan fingerprint density at radius 3 is 2.76 bits per heavy atom. The summed E-state index contributed by atoms with van der Waals surface area (Å²) in [5, 5.41) is 3.10. The number of benzene rings is 1. The van der Waals surface area contributed by atoms with E-state index in [1.54, 1.807) is 0 Å². The molecule has 0 bridgehead atoms. The minimum atomic E-state index is -3.01. The van der Waals surface area contributed by atoms with Crippen molar-refractivity contribution in [2.75, 3.05) is 18.2 Å². The van der Waals surface area contributed by atoms with E-state index in [0.29, 0.717) is 6.61 Å². The zero-order valence-electron chi connectivity index (χ0n) is 13.1. The third kappa shape index (κ3) is 4.13. The summed E-state index contributed by atoms with van der Waals surface area (Å²) in [5.74, 6) is 0.816. The van der Waals surface area contributed by atoms with Crippen molar-refractivity contribution >= 4 is 15.5 Å². The lowest BCUT2D eigenvalue weighted by Gasteiger charge is -2.22. The summed E-state index contributed by atoms with van der Waals surface area (Å²) in [7, 11) is -3.01. The Labute approximate surface area is 127 Å².